The van der Waals surface area contributed by atoms with Crippen LogP contribution in [-0.2, 0) is 23.1 Å². The number of benzene rings is 2. The summed E-state index contributed by atoms with van der Waals surface area (Å²) >= 11 is 0. The predicted octanol–water partition coefficient (Wildman–Crippen LogP) is 3.54. The van der Waals surface area contributed by atoms with Gasteiger partial charge in [-0.15, -0.1) is 0 Å². The molecule has 1 heterocycles. The Bertz CT molecular complexity index is 1440. The van der Waals surface area contributed by atoms with E-state index in [0.717, 1.165) is 0 Å². The van der Waals surface area contributed by atoms with Crippen LogP contribution in [0.15, 0.2) is 47.5 Å². The maximum Gasteiger partial charge on any atom is 0.300 e. The zero-order valence-corrected chi connectivity index (χ0v) is 20.8. The summed E-state index contributed by atoms with van der Waals surface area (Å²) in [5.41, 5.74) is -1.07. The van der Waals surface area contributed by atoms with Crippen molar-refractivity contribution in [3.8, 4) is 5.75 Å². The quantitative estimate of drug-likeness (QED) is 0.278. The summed E-state index contributed by atoms with van der Waals surface area (Å²) in [5.74, 6) is -2.83. The molecule has 0 saturated heterocycles. The van der Waals surface area contributed by atoms with E-state index in [0.29, 0.717) is 11.3 Å². The van der Waals surface area contributed by atoms with Crippen LogP contribution in [-0.4, -0.2) is 47.1 Å². The predicted molar refractivity (Wildman–Crippen MR) is 132 cm³/mol. The Hall–Kier alpha value is -3.16. The molecular weight excluding hydrogens is 513 g/mol. The van der Waals surface area contributed by atoms with Gasteiger partial charge in [0, 0.05) is 37.2 Å². The lowest BCUT2D eigenvalue weighted by Gasteiger charge is -2.31. The van der Waals surface area contributed by atoms with E-state index in [9.17, 15) is 30.9 Å². The number of nitrogens with zero attached hydrogens (tertiary/aromatic N) is 2. The number of ether oxygens (including phenoxy) is 1. The van der Waals surface area contributed by atoms with Crippen molar-refractivity contribution in [3.05, 3.63) is 64.5 Å². The normalized spacial score (nSPS) is 17.0. The molecule has 3 aromatic rings. The summed E-state index contributed by atoms with van der Waals surface area (Å²) in [7, 11) is -3.20. The molecule has 1 aliphatic carbocycles. The van der Waals surface area contributed by atoms with Crippen LogP contribution < -0.4 is 20.9 Å². The summed E-state index contributed by atoms with van der Waals surface area (Å²) in [6.07, 6.45) is 0.925. The molecule has 0 aliphatic heterocycles. The zero-order valence-electron chi connectivity index (χ0n) is 20.0. The van der Waals surface area contributed by atoms with Crippen LogP contribution >= 0.6 is 0 Å². The third kappa shape index (κ3) is 6.59. The Labute approximate surface area is 211 Å². The van der Waals surface area contributed by atoms with Crippen molar-refractivity contribution in [1.29, 1.82) is 0 Å². The van der Waals surface area contributed by atoms with Gasteiger partial charge in [0.1, 0.15) is 11.6 Å². The third-order valence-electron chi connectivity index (χ3n) is 6.41. The number of aromatic nitrogens is 2. The highest BCUT2D eigenvalue weighted by atomic mass is 32.2. The van der Waals surface area contributed by atoms with Gasteiger partial charge in [0.2, 0.25) is 11.4 Å². The molecule has 2 aromatic carbocycles. The highest BCUT2D eigenvalue weighted by Gasteiger charge is 2.37. The van der Waals surface area contributed by atoms with Crippen LogP contribution in [0.25, 0.3) is 10.9 Å². The van der Waals surface area contributed by atoms with Gasteiger partial charge in [0.25, 0.3) is 15.7 Å². The molecule has 1 saturated carbocycles. The minimum absolute atomic E-state index is 0.0555. The lowest BCUT2D eigenvalue weighted by molar-refractivity contribution is -0.0405. The molecule has 13 heteroatoms. The Kier molecular flexibility index (Phi) is 7.76. The van der Waals surface area contributed by atoms with Gasteiger partial charge < -0.3 is 10.1 Å². The average Bonchev–Trinajstić information content (AvgIpc) is 2.84. The number of anilines is 1. The second-order valence-corrected chi connectivity index (χ2v) is 10.5. The molecule has 3 N–H and O–H groups in total. The fraction of sp³-hybridized carbons (Fsp3) is 0.417. The SMILES string of the molecule is COc1ccc(CCn2cnc3cc(NC(NC4CCC(F)(F)CC4)S(=O)(=O)O)ccc3c2=O)c(F)c1. The molecule has 0 bridgehead atoms. The fourth-order valence-corrected chi connectivity index (χ4v) is 4.93. The van der Waals surface area contributed by atoms with E-state index in [2.05, 4.69) is 15.6 Å². The number of aryl methyl sites for hydroxylation is 2. The standard InChI is InChI=1S/C24H27F3N4O5S/c1-36-18-4-2-15(20(25)13-18)8-11-31-14-28-21-12-17(3-5-19(21)22(31)32)30-23(37(33,34)35)29-16-6-9-24(26,27)10-7-16/h2-5,12-14,16,23,29-30H,6-11H2,1H3,(H,33,34,35). The molecule has 200 valence electrons. The summed E-state index contributed by atoms with van der Waals surface area (Å²) in [5, 5.41) is 5.58. The van der Waals surface area contributed by atoms with E-state index >= 15 is 0 Å². The van der Waals surface area contributed by atoms with Crippen LogP contribution in [0.3, 0.4) is 0 Å². The van der Waals surface area contributed by atoms with Crippen molar-refractivity contribution in [1.82, 2.24) is 14.9 Å². The van der Waals surface area contributed by atoms with Crippen LogP contribution in [0.5, 0.6) is 5.75 Å². The molecule has 1 atom stereocenters. The molecule has 1 unspecified atom stereocenters. The number of methoxy groups -OCH3 is 1. The Morgan fingerprint density at radius 3 is 2.59 bits per heavy atom. The van der Waals surface area contributed by atoms with Crippen LogP contribution in [0, 0.1) is 5.82 Å². The summed E-state index contributed by atoms with van der Waals surface area (Å²) < 4.78 is 80.9. The second kappa shape index (κ2) is 10.7. The molecule has 1 aliphatic rings. The first-order chi connectivity index (χ1) is 17.4. The van der Waals surface area contributed by atoms with Crippen LogP contribution in [0.2, 0.25) is 0 Å². The van der Waals surface area contributed by atoms with Gasteiger partial charge in [-0.25, -0.2) is 18.2 Å². The molecule has 1 aromatic heterocycles. The van der Waals surface area contributed by atoms with E-state index in [1.807, 2.05) is 0 Å². The zero-order chi connectivity index (χ0) is 26.8. The minimum Gasteiger partial charge on any atom is -0.497 e. The molecule has 9 nitrogen and oxygen atoms in total. The second-order valence-electron chi connectivity index (χ2n) is 9.02. The van der Waals surface area contributed by atoms with Gasteiger partial charge in [-0.2, -0.15) is 8.42 Å². The monoisotopic (exact) mass is 540 g/mol. The average molecular weight is 541 g/mol. The molecular formula is C24H27F3N4O5S. The first-order valence-electron chi connectivity index (χ1n) is 11.6. The van der Waals surface area contributed by atoms with Crippen LogP contribution in [0.1, 0.15) is 31.2 Å². The number of rotatable bonds is 9. The van der Waals surface area contributed by atoms with Gasteiger partial charge in [-0.3, -0.25) is 19.2 Å². The fourth-order valence-electron chi connectivity index (χ4n) is 4.28. The smallest absolute Gasteiger partial charge is 0.300 e. The van der Waals surface area contributed by atoms with E-state index < -0.39 is 33.4 Å². The topological polar surface area (TPSA) is 123 Å². The van der Waals surface area contributed by atoms with Crippen molar-refractivity contribution in [2.24, 2.45) is 0 Å². The number of hydrogen-bond acceptors (Lipinski definition) is 7. The molecule has 0 radical (unpaired) electrons. The van der Waals surface area contributed by atoms with E-state index in [1.54, 1.807) is 12.1 Å². The maximum absolute atomic E-state index is 14.2. The Morgan fingerprint density at radius 1 is 1.22 bits per heavy atom. The third-order valence-corrected chi connectivity index (χ3v) is 7.26. The highest BCUT2D eigenvalue weighted by molar-refractivity contribution is 7.86. The summed E-state index contributed by atoms with van der Waals surface area (Å²) in [6.45, 7) is 0.181. The first kappa shape index (κ1) is 26.9. The lowest BCUT2D eigenvalue weighted by atomic mass is 9.92. The number of hydrogen-bond donors (Lipinski definition) is 3. The van der Waals surface area contributed by atoms with Gasteiger partial charge in [0.05, 0.1) is 24.3 Å². The van der Waals surface area contributed by atoms with Crippen LogP contribution in [0.4, 0.5) is 18.9 Å². The molecule has 0 spiro atoms. The molecule has 1 fully saturated rings. The number of fused-ring (bicyclic) bond motifs is 1. The Morgan fingerprint density at radius 2 is 1.95 bits per heavy atom. The summed E-state index contributed by atoms with van der Waals surface area (Å²) in [6, 6.07) is 8.31. The van der Waals surface area contributed by atoms with Gasteiger partial charge in [0.15, 0.2) is 0 Å². The lowest BCUT2D eigenvalue weighted by Crippen LogP contribution is -2.49. The van der Waals surface area contributed by atoms with E-state index in [4.69, 9.17) is 4.74 Å². The van der Waals surface area contributed by atoms with Crippen molar-refractivity contribution < 1.29 is 30.9 Å². The van der Waals surface area contributed by atoms with Crippen molar-refractivity contribution in [2.75, 3.05) is 12.4 Å². The van der Waals surface area contributed by atoms with Gasteiger partial charge in [-0.1, -0.05) is 6.07 Å². The van der Waals surface area contributed by atoms with Crippen molar-refractivity contribution >= 4 is 26.7 Å². The molecule has 37 heavy (non-hydrogen) atoms. The number of alkyl halides is 2. The van der Waals surface area contributed by atoms with Crippen molar-refractivity contribution in [2.45, 2.75) is 56.1 Å². The van der Waals surface area contributed by atoms with Gasteiger partial charge >= 0.3 is 0 Å². The van der Waals surface area contributed by atoms with Gasteiger partial charge in [-0.05, 0) is 49.1 Å². The first-order valence-corrected chi connectivity index (χ1v) is 13.1. The number of nitrogens with one attached hydrogen (secondary N) is 2. The largest absolute Gasteiger partial charge is 0.497 e. The molecule has 0 amide bonds. The number of halogens is 3. The van der Waals surface area contributed by atoms with E-state index in [1.165, 1.54) is 42.3 Å². The maximum atomic E-state index is 14.2. The highest BCUT2D eigenvalue weighted by Crippen LogP contribution is 2.33. The minimum atomic E-state index is -4.64. The van der Waals surface area contributed by atoms with Crippen molar-refractivity contribution in [3.63, 3.8) is 0 Å². The van der Waals surface area contributed by atoms with E-state index in [-0.39, 0.29) is 60.8 Å². The molecule has 4 rings (SSSR count). The Balaban J connectivity index is 1.48. The summed E-state index contributed by atoms with van der Waals surface area (Å²) in [4.78, 5) is 17.2.